The summed E-state index contributed by atoms with van der Waals surface area (Å²) in [4.78, 5) is 27.6. The summed E-state index contributed by atoms with van der Waals surface area (Å²) in [7, 11) is -3.83. The molecule has 3 aromatic rings. The Morgan fingerprint density at radius 1 is 0.886 bits per heavy atom. The molecule has 8 heteroatoms. The molecule has 1 amide bonds. The van der Waals surface area contributed by atoms with E-state index < -0.39 is 28.2 Å². The van der Waals surface area contributed by atoms with Gasteiger partial charge in [-0.1, -0.05) is 66.7 Å². The second-order valence-corrected chi connectivity index (χ2v) is 11.0. The Labute approximate surface area is 204 Å². The minimum absolute atomic E-state index is 0.0843. The molecule has 0 saturated carbocycles. The van der Waals surface area contributed by atoms with Gasteiger partial charge in [0.25, 0.3) is 0 Å². The van der Waals surface area contributed by atoms with Crippen LogP contribution in [-0.4, -0.2) is 61.3 Å². The summed E-state index contributed by atoms with van der Waals surface area (Å²) < 4.78 is 33.3. The van der Waals surface area contributed by atoms with E-state index in [4.69, 9.17) is 4.74 Å². The third kappa shape index (κ3) is 3.47. The van der Waals surface area contributed by atoms with Gasteiger partial charge in [0, 0.05) is 12.5 Å². The highest BCUT2D eigenvalue weighted by molar-refractivity contribution is 7.89. The molecular weight excluding hydrogens is 464 g/mol. The SMILES string of the molecule is O=C1CN(S(=O)(=O)c2ccccc2)C2CCN(C(=O)OCC3c4ccccc4-c4ccccc43)[C@H]12. The van der Waals surface area contributed by atoms with E-state index in [1.165, 1.54) is 21.3 Å². The number of hydrogen-bond acceptors (Lipinski definition) is 5. The van der Waals surface area contributed by atoms with Crippen LogP contribution in [-0.2, 0) is 19.6 Å². The molecular formula is C27H24N2O5S. The highest BCUT2D eigenvalue weighted by Crippen LogP contribution is 2.44. The van der Waals surface area contributed by atoms with Gasteiger partial charge in [0.05, 0.1) is 17.5 Å². The molecule has 6 rings (SSSR count). The molecule has 2 fully saturated rings. The van der Waals surface area contributed by atoms with Crippen LogP contribution in [0.1, 0.15) is 23.5 Å². The number of Topliss-reactive ketones (excluding diaryl/α,β-unsaturated/α-hetero) is 1. The molecule has 2 saturated heterocycles. The Morgan fingerprint density at radius 3 is 2.14 bits per heavy atom. The molecule has 2 heterocycles. The highest BCUT2D eigenvalue weighted by atomic mass is 32.2. The topological polar surface area (TPSA) is 84.0 Å². The minimum Gasteiger partial charge on any atom is -0.448 e. The normalized spacial score (nSPS) is 21.6. The number of ketones is 1. The zero-order valence-corrected chi connectivity index (χ0v) is 19.7. The Bertz CT molecular complexity index is 1380. The molecule has 3 aliphatic rings. The van der Waals surface area contributed by atoms with E-state index in [1.54, 1.807) is 18.2 Å². The van der Waals surface area contributed by atoms with Crippen LogP contribution in [0.25, 0.3) is 11.1 Å². The van der Waals surface area contributed by atoms with Gasteiger partial charge < -0.3 is 4.74 Å². The predicted molar refractivity (Wildman–Crippen MR) is 129 cm³/mol. The van der Waals surface area contributed by atoms with Gasteiger partial charge in [0.2, 0.25) is 10.0 Å². The van der Waals surface area contributed by atoms with Crippen molar-refractivity contribution >= 4 is 21.9 Å². The molecule has 0 N–H and O–H groups in total. The van der Waals surface area contributed by atoms with E-state index in [-0.39, 0.29) is 36.3 Å². The van der Waals surface area contributed by atoms with E-state index in [0.29, 0.717) is 6.42 Å². The number of carbonyl (C=O) groups excluding carboxylic acids is 2. The number of benzene rings is 3. The number of nitrogens with zero attached hydrogens (tertiary/aromatic N) is 2. The van der Waals surface area contributed by atoms with Crippen LogP contribution in [0.2, 0.25) is 0 Å². The average molecular weight is 489 g/mol. The fourth-order valence-electron chi connectivity index (χ4n) is 5.70. The van der Waals surface area contributed by atoms with E-state index in [0.717, 1.165) is 22.3 Å². The van der Waals surface area contributed by atoms with Gasteiger partial charge in [0.15, 0.2) is 5.78 Å². The van der Waals surface area contributed by atoms with E-state index in [1.807, 2.05) is 36.4 Å². The lowest BCUT2D eigenvalue weighted by molar-refractivity contribution is -0.120. The Balaban J connectivity index is 1.19. The van der Waals surface area contributed by atoms with Crippen molar-refractivity contribution in [3.05, 3.63) is 90.0 Å². The first-order chi connectivity index (χ1) is 17.0. The lowest BCUT2D eigenvalue weighted by Gasteiger charge is -2.24. The summed E-state index contributed by atoms with van der Waals surface area (Å²) in [6.07, 6.45) is -0.182. The van der Waals surface area contributed by atoms with Crippen molar-refractivity contribution in [2.24, 2.45) is 0 Å². The summed E-state index contributed by atoms with van der Waals surface area (Å²) in [6.45, 7) is 0.194. The fourth-order valence-corrected chi connectivity index (χ4v) is 7.35. The molecule has 178 valence electrons. The third-order valence-electron chi connectivity index (χ3n) is 7.30. The van der Waals surface area contributed by atoms with Crippen LogP contribution in [0.15, 0.2) is 83.8 Å². The Hall–Kier alpha value is -3.49. The van der Waals surface area contributed by atoms with Crippen molar-refractivity contribution in [2.45, 2.75) is 29.3 Å². The summed E-state index contributed by atoms with van der Waals surface area (Å²) in [5, 5.41) is 0. The van der Waals surface area contributed by atoms with E-state index >= 15 is 0 Å². The van der Waals surface area contributed by atoms with Crippen LogP contribution < -0.4 is 0 Å². The first-order valence-electron chi connectivity index (χ1n) is 11.7. The van der Waals surface area contributed by atoms with Crippen molar-refractivity contribution in [3.8, 4) is 11.1 Å². The predicted octanol–water partition coefficient (Wildman–Crippen LogP) is 3.65. The number of amides is 1. The van der Waals surface area contributed by atoms with Crippen LogP contribution in [0.3, 0.4) is 0 Å². The Morgan fingerprint density at radius 2 is 1.49 bits per heavy atom. The van der Waals surface area contributed by atoms with E-state index in [2.05, 4.69) is 12.1 Å². The highest BCUT2D eigenvalue weighted by Gasteiger charge is 2.54. The van der Waals surface area contributed by atoms with Crippen LogP contribution in [0, 0.1) is 0 Å². The average Bonchev–Trinajstić information content (AvgIpc) is 3.55. The van der Waals surface area contributed by atoms with Gasteiger partial charge in [-0.15, -0.1) is 0 Å². The van der Waals surface area contributed by atoms with Crippen LogP contribution in [0.4, 0.5) is 4.79 Å². The molecule has 2 aliphatic heterocycles. The molecule has 1 aliphatic carbocycles. The molecule has 0 aromatic heterocycles. The lowest BCUT2D eigenvalue weighted by Crippen LogP contribution is -2.44. The molecule has 0 bridgehead atoms. The summed E-state index contributed by atoms with van der Waals surface area (Å²) in [6, 6.07) is 22.9. The first-order valence-corrected chi connectivity index (χ1v) is 13.1. The molecule has 0 radical (unpaired) electrons. The molecule has 3 aromatic carbocycles. The van der Waals surface area contributed by atoms with Gasteiger partial charge in [-0.3, -0.25) is 9.69 Å². The number of hydrogen-bond donors (Lipinski definition) is 0. The minimum atomic E-state index is -3.83. The molecule has 1 unspecified atom stereocenters. The van der Waals surface area contributed by atoms with Gasteiger partial charge in [0.1, 0.15) is 12.6 Å². The maximum absolute atomic E-state index is 13.2. The van der Waals surface area contributed by atoms with Gasteiger partial charge in [-0.05, 0) is 40.8 Å². The molecule has 7 nitrogen and oxygen atoms in total. The molecule has 2 atom stereocenters. The summed E-state index contributed by atoms with van der Waals surface area (Å²) in [5.74, 6) is -0.362. The Kier molecular flexibility index (Phi) is 5.23. The number of carbonyl (C=O) groups is 2. The monoisotopic (exact) mass is 488 g/mol. The summed E-state index contributed by atoms with van der Waals surface area (Å²) in [5.41, 5.74) is 4.49. The fraction of sp³-hybridized carbons (Fsp3) is 0.259. The van der Waals surface area contributed by atoms with Crippen molar-refractivity contribution in [3.63, 3.8) is 0 Å². The van der Waals surface area contributed by atoms with Gasteiger partial charge in [-0.2, -0.15) is 4.31 Å². The van der Waals surface area contributed by atoms with Crippen LogP contribution in [0.5, 0.6) is 0 Å². The molecule has 0 spiro atoms. The zero-order chi connectivity index (χ0) is 24.2. The standard InChI is InChI=1S/C27H24N2O5S/c30-25-16-29(35(32,33)18-8-2-1-3-9-18)24-14-15-28(26(24)25)27(31)34-17-23-21-12-6-4-10-19(21)20-11-5-7-13-22(20)23/h1-13,23-24,26H,14-17H2/t24?,26-/m0/s1. The zero-order valence-electron chi connectivity index (χ0n) is 18.9. The third-order valence-corrected chi connectivity index (χ3v) is 9.18. The lowest BCUT2D eigenvalue weighted by atomic mass is 9.98. The largest absolute Gasteiger partial charge is 0.448 e. The second kappa shape index (κ2) is 8.32. The number of ether oxygens (including phenoxy) is 1. The number of sulfonamides is 1. The second-order valence-electron chi connectivity index (χ2n) is 9.13. The van der Waals surface area contributed by atoms with Crippen molar-refractivity contribution in [2.75, 3.05) is 19.7 Å². The first kappa shape index (κ1) is 22.0. The maximum atomic E-state index is 13.2. The van der Waals surface area contributed by atoms with Gasteiger partial charge >= 0.3 is 6.09 Å². The molecule has 35 heavy (non-hydrogen) atoms. The number of fused-ring (bicyclic) bond motifs is 4. The van der Waals surface area contributed by atoms with Gasteiger partial charge in [-0.25, -0.2) is 13.2 Å². The smallest absolute Gasteiger partial charge is 0.410 e. The van der Waals surface area contributed by atoms with Crippen molar-refractivity contribution < 1.29 is 22.7 Å². The number of likely N-dealkylation sites (tertiary alicyclic amines) is 1. The quantitative estimate of drug-likeness (QED) is 0.560. The summed E-state index contributed by atoms with van der Waals surface area (Å²) >= 11 is 0. The maximum Gasteiger partial charge on any atom is 0.410 e. The van der Waals surface area contributed by atoms with Crippen LogP contribution >= 0.6 is 0 Å². The van der Waals surface area contributed by atoms with Crippen molar-refractivity contribution in [1.29, 1.82) is 0 Å². The van der Waals surface area contributed by atoms with Crippen molar-refractivity contribution in [1.82, 2.24) is 9.21 Å². The number of rotatable bonds is 4. The van der Waals surface area contributed by atoms with E-state index in [9.17, 15) is 18.0 Å².